The zero-order chi connectivity index (χ0) is 14.5. The summed E-state index contributed by atoms with van der Waals surface area (Å²) >= 11 is 1.31. The lowest BCUT2D eigenvalue weighted by Gasteiger charge is -2.06. The summed E-state index contributed by atoms with van der Waals surface area (Å²) in [6, 6.07) is 5.58. The van der Waals surface area contributed by atoms with E-state index in [1.54, 1.807) is 12.1 Å². The van der Waals surface area contributed by atoms with Crippen molar-refractivity contribution in [2.45, 2.75) is 13.3 Å². The van der Waals surface area contributed by atoms with E-state index < -0.39 is 5.97 Å². The van der Waals surface area contributed by atoms with Gasteiger partial charge in [-0.3, -0.25) is 0 Å². The first-order valence-corrected chi connectivity index (χ1v) is 6.77. The average Bonchev–Trinajstić information content (AvgIpc) is 2.88. The number of carboxylic acid groups (broad SMARTS) is 1. The smallest absolute Gasteiger partial charge is 0.355 e. The van der Waals surface area contributed by atoms with Gasteiger partial charge in [-0.05, 0) is 19.1 Å². The maximum Gasteiger partial charge on any atom is 0.355 e. The van der Waals surface area contributed by atoms with E-state index in [1.165, 1.54) is 16.7 Å². The Labute approximate surface area is 119 Å². The van der Waals surface area contributed by atoms with Gasteiger partial charge in [-0.1, -0.05) is 0 Å². The van der Waals surface area contributed by atoms with E-state index in [-0.39, 0.29) is 5.69 Å². The van der Waals surface area contributed by atoms with Gasteiger partial charge in [-0.2, -0.15) is 5.26 Å². The monoisotopic (exact) mass is 288 g/mol. The van der Waals surface area contributed by atoms with E-state index in [0.717, 1.165) is 10.7 Å². The molecule has 0 radical (unpaired) electrons. The molecule has 102 valence electrons. The summed E-state index contributed by atoms with van der Waals surface area (Å²) in [5, 5.41) is 23.1. The number of hydrogen-bond donors (Lipinski definition) is 2. The van der Waals surface area contributed by atoms with Crippen molar-refractivity contribution in [1.82, 2.24) is 9.97 Å². The number of rotatable bonds is 5. The first-order valence-electron chi connectivity index (χ1n) is 5.89. The van der Waals surface area contributed by atoms with Crippen LogP contribution in [0.2, 0.25) is 0 Å². The van der Waals surface area contributed by atoms with Crippen LogP contribution in [0.4, 0.5) is 5.82 Å². The maximum absolute atomic E-state index is 10.7. The van der Waals surface area contributed by atoms with Crippen molar-refractivity contribution in [3.05, 3.63) is 39.5 Å². The number of aromatic carboxylic acids is 1. The van der Waals surface area contributed by atoms with E-state index in [1.807, 2.05) is 6.92 Å². The van der Waals surface area contributed by atoms with Crippen molar-refractivity contribution in [1.29, 1.82) is 5.26 Å². The molecule has 0 saturated carbocycles. The van der Waals surface area contributed by atoms with Gasteiger partial charge in [0.05, 0.1) is 10.6 Å². The van der Waals surface area contributed by atoms with Crippen LogP contribution < -0.4 is 5.32 Å². The van der Waals surface area contributed by atoms with Gasteiger partial charge in [0.2, 0.25) is 0 Å². The first kappa shape index (κ1) is 14.0. The lowest BCUT2D eigenvalue weighted by atomic mass is 10.2. The number of nitrogens with one attached hydrogen (secondary N) is 1. The van der Waals surface area contributed by atoms with Gasteiger partial charge in [0.15, 0.2) is 5.69 Å². The van der Waals surface area contributed by atoms with Crippen LogP contribution in [0.25, 0.3) is 0 Å². The van der Waals surface area contributed by atoms with Crippen LogP contribution in [-0.4, -0.2) is 27.6 Å². The third-order valence-electron chi connectivity index (χ3n) is 2.56. The minimum absolute atomic E-state index is 0.0661. The highest BCUT2D eigenvalue weighted by atomic mass is 32.1. The van der Waals surface area contributed by atoms with E-state index in [2.05, 4.69) is 21.4 Å². The molecule has 20 heavy (non-hydrogen) atoms. The summed E-state index contributed by atoms with van der Waals surface area (Å²) in [7, 11) is 0. The number of thiazole rings is 1. The van der Waals surface area contributed by atoms with Crippen molar-refractivity contribution in [3.8, 4) is 6.07 Å². The van der Waals surface area contributed by atoms with Crippen LogP contribution in [0.15, 0.2) is 17.5 Å². The highest BCUT2D eigenvalue weighted by Crippen LogP contribution is 2.14. The Kier molecular flexibility index (Phi) is 4.27. The second-order valence-corrected chi connectivity index (χ2v) is 5.01. The average molecular weight is 288 g/mol. The SMILES string of the molecule is Cc1ccc(C#N)c(NCCc2nc(C(=O)O)cs2)n1. The second kappa shape index (κ2) is 6.12. The van der Waals surface area contributed by atoms with Crippen LogP contribution in [0.1, 0.15) is 26.8 Å². The molecule has 2 N–H and O–H groups in total. The van der Waals surface area contributed by atoms with Gasteiger partial charge in [-0.25, -0.2) is 14.8 Å². The first-order chi connectivity index (χ1) is 9.60. The minimum Gasteiger partial charge on any atom is -0.476 e. The van der Waals surface area contributed by atoms with Gasteiger partial charge in [-0.15, -0.1) is 11.3 Å². The third kappa shape index (κ3) is 3.30. The lowest BCUT2D eigenvalue weighted by molar-refractivity contribution is 0.0691. The van der Waals surface area contributed by atoms with Crippen LogP contribution in [-0.2, 0) is 6.42 Å². The van der Waals surface area contributed by atoms with Gasteiger partial charge in [0.25, 0.3) is 0 Å². The molecule has 7 heteroatoms. The predicted molar refractivity (Wildman–Crippen MR) is 75.0 cm³/mol. The summed E-state index contributed by atoms with van der Waals surface area (Å²) < 4.78 is 0. The van der Waals surface area contributed by atoms with E-state index >= 15 is 0 Å². The standard InChI is InChI=1S/C13H12N4O2S/c1-8-2-3-9(6-14)12(16-8)15-5-4-11-17-10(7-20-11)13(18)19/h2-3,7H,4-5H2,1H3,(H,15,16)(H,18,19). The fourth-order valence-corrected chi connectivity index (χ4v) is 2.37. The normalized spacial score (nSPS) is 10.0. The van der Waals surface area contributed by atoms with Crippen LogP contribution in [0.3, 0.4) is 0 Å². The van der Waals surface area contributed by atoms with Gasteiger partial charge in [0.1, 0.15) is 11.9 Å². The number of nitriles is 1. The van der Waals surface area contributed by atoms with Gasteiger partial charge < -0.3 is 10.4 Å². The number of carbonyl (C=O) groups is 1. The molecule has 6 nitrogen and oxygen atoms in total. The molecule has 0 amide bonds. The highest BCUT2D eigenvalue weighted by Gasteiger charge is 2.09. The van der Waals surface area contributed by atoms with Gasteiger partial charge >= 0.3 is 5.97 Å². The molecule has 0 saturated heterocycles. The molecular formula is C13H12N4O2S. The molecule has 0 aliphatic heterocycles. The number of pyridine rings is 1. The summed E-state index contributed by atoms with van der Waals surface area (Å²) in [5.41, 5.74) is 1.38. The summed E-state index contributed by atoms with van der Waals surface area (Å²) in [6.45, 7) is 2.39. The topological polar surface area (TPSA) is 98.9 Å². The molecular weight excluding hydrogens is 276 g/mol. The van der Waals surface area contributed by atoms with Crippen molar-refractivity contribution in [3.63, 3.8) is 0 Å². The van der Waals surface area contributed by atoms with E-state index in [4.69, 9.17) is 10.4 Å². The molecule has 2 aromatic rings. The minimum atomic E-state index is -1.02. The summed E-state index contributed by atoms with van der Waals surface area (Å²) in [5.74, 6) is -0.477. The molecule has 0 aliphatic rings. The molecule has 0 unspecified atom stereocenters. The Hall–Kier alpha value is -2.46. The van der Waals surface area contributed by atoms with E-state index in [9.17, 15) is 4.79 Å². The van der Waals surface area contributed by atoms with Crippen LogP contribution >= 0.6 is 11.3 Å². The molecule has 2 rings (SSSR count). The van der Waals surface area contributed by atoms with Crippen molar-refractivity contribution < 1.29 is 9.90 Å². The Morgan fingerprint density at radius 3 is 2.95 bits per heavy atom. The highest BCUT2D eigenvalue weighted by molar-refractivity contribution is 7.09. The Bertz CT molecular complexity index is 675. The van der Waals surface area contributed by atoms with Crippen molar-refractivity contribution >= 4 is 23.1 Å². The molecule has 0 aliphatic carbocycles. The second-order valence-electron chi connectivity index (χ2n) is 4.07. The predicted octanol–water partition coefficient (Wildman–Crippen LogP) is 2.07. The third-order valence-corrected chi connectivity index (χ3v) is 3.47. The zero-order valence-corrected chi connectivity index (χ0v) is 11.6. The quantitative estimate of drug-likeness (QED) is 0.873. The molecule has 0 bridgehead atoms. The number of aryl methyl sites for hydroxylation is 1. The molecule has 2 aromatic heterocycles. The molecule has 2 heterocycles. The number of carboxylic acids is 1. The fourth-order valence-electron chi connectivity index (χ4n) is 1.59. The molecule has 0 spiro atoms. The van der Waals surface area contributed by atoms with Crippen LogP contribution in [0, 0.1) is 18.3 Å². The maximum atomic E-state index is 10.7. The fraction of sp³-hybridized carbons (Fsp3) is 0.231. The molecule has 0 fully saturated rings. The van der Waals surface area contributed by atoms with Crippen LogP contribution in [0.5, 0.6) is 0 Å². The van der Waals surface area contributed by atoms with Crippen molar-refractivity contribution in [2.75, 3.05) is 11.9 Å². The number of aromatic nitrogens is 2. The largest absolute Gasteiger partial charge is 0.476 e. The van der Waals surface area contributed by atoms with E-state index in [0.29, 0.717) is 24.3 Å². The molecule has 0 atom stereocenters. The number of hydrogen-bond acceptors (Lipinski definition) is 6. The number of nitrogens with zero attached hydrogens (tertiary/aromatic N) is 3. The Morgan fingerprint density at radius 2 is 2.30 bits per heavy atom. The van der Waals surface area contributed by atoms with Crippen molar-refractivity contribution in [2.24, 2.45) is 0 Å². The zero-order valence-electron chi connectivity index (χ0n) is 10.8. The Morgan fingerprint density at radius 1 is 1.50 bits per heavy atom. The summed E-state index contributed by atoms with van der Waals surface area (Å²) in [6.07, 6.45) is 0.582. The van der Waals surface area contributed by atoms with Gasteiger partial charge in [0, 0.05) is 24.0 Å². The number of anilines is 1. The molecule has 0 aromatic carbocycles. The Balaban J connectivity index is 1.97. The lowest BCUT2D eigenvalue weighted by Crippen LogP contribution is -2.08. The summed E-state index contributed by atoms with van der Waals surface area (Å²) in [4.78, 5) is 19.0.